The second-order valence-electron chi connectivity index (χ2n) is 9.26. The van der Waals surface area contributed by atoms with Crippen molar-refractivity contribution in [1.29, 1.82) is 10.5 Å². The van der Waals surface area contributed by atoms with E-state index in [0.29, 0.717) is 50.2 Å². The molecule has 6 rings (SSSR count). The van der Waals surface area contributed by atoms with Crippen LogP contribution in [0.3, 0.4) is 0 Å². The first-order chi connectivity index (χ1) is 19.4. The van der Waals surface area contributed by atoms with E-state index in [1.807, 2.05) is 23.0 Å². The number of fused-ring (bicyclic) bond motifs is 1. The van der Waals surface area contributed by atoms with E-state index in [0.717, 1.165) is 25.1 Å². The Morgan fingerprint density at radius 3 is 2.58 bits per heavy atom. The van der Waals surface area contributed by atoms with Crippen LogP contribution in [-0.4, -0.2) is 25.0 Å². The van der Waals surface area contributed by atoms with Crippen molar-refractivity contribution in [2.24, 2.45) is 0 Å². The monoisotopic (exact) mass is 553 g/mol. The number of nitrogens with one attached hydrogen (secondary N) is 2. The summed E-state index contributed by atoms with van der Waals surface area (Å²) in [7, 11) is 0. The van der Waals surface area contributed by atoms with Gasteiger partial charge in [0.05, 0.1) is 64.3 Å². The molecule has 1 aliphatic rings. The number of benzene rings is 2. The third-order valence-electron chi connectivity index (χ3n) is 6.56. The van der Waals surface area contributed by atoms with Gasteiger partial charge >= 0.3 is 0 Å². The van der Waals surface area contributed by atoms with E-state index in [1.54, 1.807) is 24.3 Å². The summed E-state index contributed by atoms with van der Waals surface area (Å²) in [6.07, 6.45) is 6.42. The number of nitriles is 2. The molecule has 0 amide bonds. The van der Waals surface area contributed by atoms with Gasteiger partial charge < -0.3 is 10.6 Å². The van der Waals surface area contributed by atoms with Crippen LogP contribution in [0.25, 0.3) is 10.9 Å². The zero-order valence-electron chi connectivity index (χ0n) is 20.6. The van der Waals surface area contributed by atoms with E-state index in [-0.39, 0.29) is 11.3 Å². The maximum atomic E-state index is 13.9. The second-order valence-corrected chi connectivity index (χ2v) is 9.70. The van der Waals surface area contributed by atoms with Gasteiger partial charge in [0.15, 0.2) is 5.82 Å². The molecule has 9 nitrogen and oxygen atoms in total. The van der Waals surface area contributed by atoms with Crippen molar-refractivity contribution in [3.05, 3.63) is 100 Å². The van der Waals surface area contributed by atoms with E-state index in [4.69, 9.17) is 11.6 Å². The van der Waals surface area contributed by atoms with Crippen molar-refractivity contribution < 1.29 is 8.78 Å². The number of aromatic nitrogens is 5. The highest BCUT2D eigenvalue weighted by molar-refractivity contribution is 6.32. The molecule has 2 aromatic carbocycles. The zero-order valence-corrected chi connectivity index (χ0v) is 21.4. The van der Waals surface area contributed by atoms with Crippen LogP contribution in [0.2, 0.25) is 5.02 Å². The number of pyridine rings is 2. The van der Waals surface area contributed by atoms with Crippen LogP contribution in [0.4, 0.5) is 25.8 Å². The summed E-state index contributed by atoms with van der Waals surface area (Å²) in [4.78, 5) is 7.92. The molecule has 3 aromatic heterocycles. The maximum Gasteiger partial charge on any atom is 0.249 e. The lowest BCUT2D eigenvalue weighted by Crippen LogP contribution is -2.15. The highest BCUT2D eigenvalue weighted by Crippen LogP contribution is 2.39. The minimum atomic E-state index is -1.23. The summed E-state index contributed by atoms with van der Waals surface area (Å²) in [5, 5.41) is 35.5. The van der Waals surface area contributed by atoms with Gasteiger partial charge in [-0.3, -0.25) is 4.98 Å². The molecular formula is C28H18ClF2N9. The van der Waals surface area contributed by atoms with Crippen molar-refractivity contribution in [2.75, 3.05) is 10.6 Å². The molecule has 1 saturated carbocycles. The highest BCUT2D eigenvalue weighted by atomic mass is 35.5. The minimum absolute atomic E-state index is 0.134. The average molecular weight is 554 g/mol. The lowest BCUT2D eigenvalue weighted by Gasteiger charge is -2.21. The third-order valence-corrected chi connectivity index (χ3v) is 6.78. The Morgan fingerprint density at radius 2 is 1.82 bits per heavy atom. The first kappa shape index (κ1) is 25.2. The largest absolute Gasteiger partial charge is 0.371 e. The summed E-state index contributed by atoms with van der Waals surface area (Å²) in [6, 6.07) is 15.4. The van der Waals surface area contributed by atoms with Crippen LogP contribution < -0.4 is 10.6 Å². The Balaban J connectivity index is 1.48. The van der Waals surface area contributed by atoms with Crippen LogP contribution >= 0.6 is 11.6 Å². The summed E-state index contributed by atoms with van der Waals surface area (Å²) < 4.78 is 29.1. The Morgan fingerprint density at radius 1 is 1.02 bits per heavy atom. The fraction of sp³-hybridized carbons (Fsp3) is 0.143. The number of anilines is 3. The van der Waals surface area contributed by atoms with Gasteiger partial charge in [0.2, 0.25) is 5.95 Å². The van der Waals surface area contributed by atoms with Crippen molar-refractivity contribution in [1.82, 2.24) is 25.0 Å². The molecule has 40 heavy (non-hydrogen) atoms. The first-order valence-electron chi connectivity index (χ1n) is 12.2. The van der Waals surface area contributed by atoms with E-state index < -0.39 is 17.8 Å². The standard InChI is InChI=1S/C28H18ClF2N9/c29-17-7-21-25(36-18-9-22(30)28(31)35-13-18)16(11-33)12-34-26(21)23(8-17)37-27(20-4-2-1-3-15(20)10-32)24-14-40(39-38-24)19-5-6-19/h1-4,7-9,12-14,19,27,37H,5-6H2,(H,34,36)/t27-/m0/s1. The molecule has 0 spiro atoms. The molecule has 196 valence electrons. The van der Waals surface area contributed by atoms with E-state index in [9.17, 15) is 19.3 Å². The van der Waals surface area contributed by atoms with Gasteiger partial charge in [0.25, 0.3) is 0 Å². The van der Waals surface area contributed by atoms with Crippen LogP contribution in [0.1, 0.15) is 47.3 Å². The predicted octanol–water partition coefficient (Wildman–Crippen LogP) is 6.18. The molecule has 12 heteroatoms. The molecule has 5 aromatic rings. The van der Waals surface area contributed by atoms with Gasteiger partial charge in [0, 0.05) is 22.7 Å². The lowest BCUT2D eigenvalue weighted by atomic mass is 9.98. The smallest absolute Gasteiger partial charge is 0.249 e. The number of hydrogen-bond donors (Lipinski definition) is 2. The van der Waals surface area contributed by atoms with Gasteiger partial charge in [-0.05, 0) is 36.6 Å². The van der Waals surface area contributed by atoms with E-state index in [1.165, 1.54) is 6.20 Å². The van der Waals surface area contributed by atoms with E-state index in [2.05, 4.69) is 43.1 Å². The Hall–Kier alpha value is -5.13. The number of hydrogen-bond acceptors (Lipinski definition) is 8. The van der Waals surface area contributed by atoms with Crippen LogP contribution in [0.15, 0.2) is 61.1 Å². The molecule has 0 bridgehead atoms. The maximum absolute atomic E-state index is 13.9. The fourth-order valence-corrected chi connectivity index (χ4v) is 4.71. The molecule has 2 N–H and O–H groups in total. The highest BCUT2D eigenvalue weighted by Gasteiger charge is 2.28. The zero-order chi connectivity index (χ0) is 27.8. The van der Waals surface area contributed by atoms with Gasteiger partial charge in [-0.2, -0.15) is 14.9 Å². The summed E-state index contributed by atoms with van der Waals surface area (Å²) in [5.41, 5.74) is 3.26. The normalized spacial score (nSPS) is 13.4. The van der Waals surface area contributed by atoms with Gasteiger partial charge in [-0.25, -0.2) is 14.1 Å². The van der Waals surface area contributed by atoms with Gasteiger partial charge in [-0.15, -0.1) is 5.10 Å². The fourth-order valence-electron chi connectivity index (χ4n) is 4.49. The van der Waals surface area contributed by atoms with Crippen molar-refractivity contribution >= 4 is 39.6 Å². The molecule has 3 heterocycles. The SMILES string of the molecule is N#Cc1ccccc1[C@H](Nc1cc(Cl)cc2c(Nc3cnc(F)c(F)c3)c(C#N)cnc12)c1cn(C2CC2)nn1. The molecule has 0 saturated heterocycles. The van der Waals surface area contributed by atoms with E-state index >= 15 is 0 Å². The molecule has 0 radical (unpaired) electrons. The van der Waals surface area contributed by atoms with Gasteiger partial charge in [-0.1, -0.05) is 35.0 Å². The summed E-state index contributed by atoms with van der Waals surface area (Å²) >= 11 is 6.54. The van der Waals surface area contributed by atoms with Crippen LogP contribution in [0.5, 0.6) is 0 Å². The summed E-state index contributed by atoms with van der Waals surface area (Å²) in [5.74, 6) is -2.37. The lowest BCUT2D eigenvalue weighted by molar-refractivity contribution is 0.480. The van der Waals surface area contributed by atoms with Crippen molar-refractivity contribution in [3.63, 3.8) is 0 Å². The predicted molar refractivity (Wildman–Crippen MR) is 144 cm³/mol. The number of nitrogens with zero attached hydrogens (tertiary/aromatic N) is 7. The van der Waals surface area contributed by atoms with Crippen LogP contribution in [0, 0.1) is 34.4 Å². The average Bonchev–Trinajstić information content (AvgIpc) is 3.70. The topological polar surface area (TPSA) is 128 Å². The molecule has 0 unspecified atom stereocenters. The first-order valence-corrected chi connectivity index (χ1v) is 12.6. The number of halogens is 3. The number of rotatable bonds is 7. The molecule has 1 atom stereocenters. The molecule has 1 fully saturated rings. The quantitative estimate of drug-likeness (QED) is 0.229. The molecule has 1 aliphatic carbocycles. The Bertz CT molecular complexity index is 1850. The van der Waals surface area contributed by atoms with Crippen molar-refractivity contribution in [2.45, 2.75) is 24.9 Å². The summed E-state index contributed by atoms with van der Waals surface area (Å²) in [6.45, 7) is 0. The minimum Gasteiger partial charge on any atom is -0.371 e. The van der Waals surface area contributed by atoms with Crippen molar-refractivity contribution in [3.8, 4) is 12.1 Å². The van der Waals surface area contributed by atoms with Gasteiger partial charge in [0.1, 0.15) is 11.8 Å². The second kappa shape index (κ2) is 10.2. The van der Waals surface area contributed by atoms with Crippen LogP contribution in [-0.2, 0) is 0 Å². The third kappa shape index (κ3) is 4.75. The molecule has 0 aliphatic heterocycles. The Labute approximate surface area is 231 Å². The Kier molecular flexibility index (Phi) is 6.42. The molecular weight excluding hydrogens is 536 g/mol.